The van der Waals surface area contributed by atoms with E-state index < -0.39 is 11.9 Å². The molecule has 4 aromatic rings. The molecule has 2 saturated heterocycles. The number of amides is 2. The predicted octanol–water partition coefficient (Wildman–Crippen LogP) is 4.63. The smallest absolute Gasteiger partial charge is 0.329 e. The summed E-state index contributed by atoms with van der Waals surface area (Å²) in [6, 6.07) is 5.53. The number of likely N-dealkylation sites (tertiary alicyclic amines) is 1. The molecule has 5 heterocycles. The van der Waals surface area contributed by atoms with Crippen LogP contribution in [-0.4, -0.2) is 131 Å². The molecule has 334 valence electrons. The molecule has 1 saturated carbocycles. The number of rotatable bonds is 23. The zero-order valence-corrected chi connectivity index (χ0v) is 36.2. The molecule has 16 nitrogen and oxygen atoms in total. The van der Waals surface area contributed by atoms with Gasteiger partial charge in [0.1, 0.15) is 11.7 Å². The minimum absolute atomic E-state index is 0.184. The van der Waals surface area contributed by atoms with Crippen LogP contribution < -0.4 is 16.3 Å². The van der Waals surface area contributed by atoms with Crippen LogP contribution in [0.25, 0.3) is 22.1 Å². The van der Waals surface area contributed by atoms with Crippen LogP contribution in [0.3, 0.4) is 0 Å². The Hall–Kier alpha value is -4.19. The highest BCUT2D eigenvalue weighted by atomic mass is 16.6. The Balaban J connectivity index is 0.718. The Morgan fingerprint density at radius 2 is 1.56 bits per heavy atom. The van der Waals surface area contributed by atoms with Crippen molar-refractivity contribution in [3.8, 4) is 0 Å². The minimum Gasteiger partial charge on any atom is -0.393 e. The van der Waals surface area contributed by atoms with Crippen LogP contribution in [0, 0.1) is 0 Å². The number of aryl methyl sites for hydroxylation is 2. The first-order valence-corrected chi connectivity index (χ1v) is 22.7. The normalized spacial score (nSPS) is 20.5. The molecule has 2 aliphatic heterocycles. The van der Waals surface area contributed by atoms with Crippen molar-refractivity contribution in [3.05, 3.63) is 52.2 Å². The standard InChI is InChI=1S/C45H66N8O8/c1-3-4-17-46-44-47-30-36-37(31-52(42(36)49-44)34-8-10-35(54)11-9-34)33-15-18-51(19-16-33)20-22-59-24-26-61-28-27-60-25-23-58-21-5-6-32-7-12-38-40(29-32)50(2)45(57)53(38)39-13-14-41(55)48-43(39)56/h7,12,29-31,33-35,39,54H,3-6,8-11,13-28H2,1-2H3,(H,46,47,49)(H,48,55,56)/t34?,35?,39-/m0/s1. The summed E-state index contributed by atoms with van der Waals surface area (Å²) in [5.74, 6) is 0.445. The SMILES string of the molecule is CCCCNc1ncc2c(C3CCN(CCOCCOCCOCCOCCCc4ccc5c(c4)n(C)c(=O)n5[C@H]4CCC(=O)NC4=O)CC3)cn(C3CCC(O)CC3)c2n1. The summed E-state index contributed by atoms with van der Waals surface area (Å²) < 4.78 is 28.5. The van der Waals surface area contributed by atoms with Gasteiger partial charge in [0, 0.05) is 57.0 Å². The molecule has 3 aliphatic rings. The Labute approximate surface area is 358 Å². The number of aliphatic hydroxyl groups excluding tert-OH is 1. The van der Waals surface area contributed by atoms with E-state index in [0.29, 0.717) is 82.7 Å². The summed E-state index contributed by atoms with van der Waals surface area (Å²) in [5.41, 5.74) is 4.66. The number of fused-ring (bicyclic) bond motifs is 2. The number of imidazole rings is 1. The van der Waals surface area contributed by atoms with Crippen molar-refractivity contribution in [2.75, 3.05) is 84.4 Å². The third-order valence-corrected chi connectivity index (χ3v) is 12.6. The maximum absolute atomic E-state index is 13.0. The van der Waals surface area contributed by atoms with E-state index in [1.807, 2.05) is 24.4 Å². The quantitative estimate of drug-likeness (QED) is 0.0699. The predicted molar refractivity (Wildman–Crippen MR) is 233 cm³/mol. The molecule has 3 fully saturated rings. The molecule has 0 radical (unpaired) electrons. The second-order valence-corrected chi connectivity index (χ2v) is 16.8. The topological polar surface area (TPSA) is 176 Å². The Kier molecular flexibility index (Phi) is 16.4. The van der Waals surface area contributed by atoms with E-state index in [1.54, 1.807) is 11.6 Å². The summed E-state index contributed by atoms with van der Waals surface area (Å²) in [5, 5.41) is 17.1. The monoisotopic (exact) mass is 847 g/mol. The van der Waals surface area contributed by atoms with Gasteiger partial charge >= 0.3 is 5.69 Å². The van der Waals surface area contributed by atoms with Crippen molar-refractivity contribution < 1.29 is 33.6 Å². The number of imide groups is 1. The number of piperidine rings is 2. The van der Waals surface area contributed by atoms with E-state index in [9.17, 15) is 19.5 Å². The summed E-state index contributed by atoms with van der Waals surface area (Å²) in [6.45, 7) is 10.4. The molecule has 16 heteroatoms. The highest BCUT2D eigenvalue weighted by molar-refractivity contribution is 6.00. The molecule has 2 amide bonds. The Morgan fingerprint density at radius 3 is 2.26 bits per heavy atom. The third kappa shape index (κ3) is 11.6. The van der Waals surface area contributed by atoms with Gasteiger partial charge in [-0.3, -0.25) is 24.0 Å². The van der Waals surface area contributed by atoms with Crippen LogP contribution in [0.15, 0.2) is 35.4 Å². The molecular weight excluding hydrogens is 781 g/mol. The molecule has 3 N–H and O–H groups in total. The van der Waals surface area contributed by atoms with Crippen molar-refractivity contribution in [2.45, 2.75) is 108 Å². The number of aliphatic hydroxyl groups is 1. The lowest BCUT2D eigenvalue weighted by atomic mass is 9.90. The molecular formula is C45H66N8O8. The third-order valence-electron chi connectivity index (χ3n) is 12.6. The van der Waals surface area contributed by atoms with Crippen molar-refractivity contribution in [1.29, 1.82) is 0 Å². The molecule has 61 heavy (non-hydrogen) atoms. The average molecular weight is 847 g/mol. The van der Waals surface area contributed by atoms with Crippen molar-refractivity contribution in [2.24, 2.45) is 7.05 Å². The maximum Gasteiger partial charge on any atom is 0.329 e. The van der Waals surface area contributed by atoms with E-state index in [1.165, 1.54) is 15.5 Å². The summed E-state index contributed by atoms with van der Waals surface area (Å²) in [7, 11) is 1.70. The fourth-order valence-corrected chi connectivity index (χ4v) is 9.05. The maximum atomic E-state index is 13.0. The van der Waals surface area contributed by atoms with E-state index in [0.717, 1.165) is 107 Å². The first-order chi connectivity index (χ1) is 29.8. The largest absolute Gasteiger partial charge is 0.393 e. The van der Waals surface area contributed by atoms with Crippen LogP contribution in [0.4, 0.5) is 5.95 Å². The number of aromatic nitrogens is 5. The molecule has 0 unspecified atom stereocenters. The van der Waals surface area contributed by atoms with E-state index in [4.69, 9.17) is 28.9 Å². The van der Waals surface area contributed by atoms with E-state index in [2.05, 4.69) is 33.2 Å². The molecule has 0 bridgehead atoms. The fraction of sp³-hybridized carbons (Fsp3) is 0.667. The summed E-state index contributed by atoms with van der Waals surface area (Å²) >= 11 is 0. The fourth-order valence-electron chi connectivity index (χ4n) is 9.05. The van der Waals surface area contributed by atoms with Crippen molar-refractivity contribution in [1.82, 2.24) is 33.9 Å². The molecule has 1 atom stereocenters. The number of hydrogen-bond acceptors (Lipinski definition) is 12. The lowest BCUT2D eigenvalue weighted by Gasteiger charge is -2.32. The lowest BCUT2D eigenvalue weighted by molar-refractivity contribution is -0.135. The van der Waals surface area contributed by atoms with Crippen molar-refractivity contribution in [3.63, 3.8) is 0 Å². The van der Waals surface area contributed by atoms with Gasteiger partial charge in [-0.2, -0.15) is 4.98 Å². The first-order valence-electron chi connectivity index (χ1n) is 22.7. The number of nitrogens with one attached hydrogen (secondary N) is 2. The average Bonchev–Trinajstić information content (AvgIpc) is 3.76. The number of benzene rings is 1. The number of carbonyl (C=O) groups is 2. The number of unbranched alkanes of at least 4 members (excludes halogenated alkanes) is 1. The first kappa shape index (κ1) is 44.9. The second kappa shape index (κ2) is 22.2. The van der Waals surface area contributed by atoms with Gasteiger partial charge in [0.05, 0.1) is 63.4 Å². The number of carbonyl (C=O) groups excluding carboxylic acids is 2. The van der Waals surface area contributed by atoms with Crippen LogP contribution in [-0.2, 0) is 42.0 Å². The summed E-state index contributed by atoms with van der Waals surface area (Å²) in [4.78, 5) is 49.3. The number of hydrogen-bond donors (Lipinski definition) is 3. The number of anilines is 1. The van der Waals surface area contributed by atoms with Crippen LogP contribution in [0.5, 0.6) is 0 Å². The number of nitrogens with zero attached hydrogens (tertiary/aromatic N) is 6. The van der Waals surface area contributed by atoms with Gasteiger partial charge < -0.3 is 38.8 Å². The molecule has 1 aromatic carbocycles. The molecule has 0 spiro atoms. The minimum atomic E-state index is -0.686. The van der Waals surface area contributed by atoms with Gasteiger partial charge in [-0.1, -0.05) is 19.4 Å². The van der Waals surface area contributed by atoms with Crippen LogP contribution in [0.1, 0.15) is 107 Å². The highest BCUT2D eigenvalue weighted by Gasteiger charge is 2.32. The zero-order chi connectivity index (χ0) is 42.6. The lowest BCUT2D eigenvalue weighted by Crippen LogP contribution is -2.44. The molecule has 1 aliphatic carbocycles. The van der Waals surface area contributed by atoms with Crippen LogP contribution in [0.2, 0.25) is 0 Å². The van der Waals surface area contributed by atoms with Crippen molar-refractivity contribution >= 4 is 39.8 Å². The second-order valence-electron chi connectivity index (χ2n) is 16.8. The van der Waals surface area contributed by atoms with Gasteiger partial charge in [0.25, 0.3) is 0 Å². The van der Waals surface area contributed by atoms with Gasteiger partial charge in [0.2, 0.25) is 17.8 Å². The van der Waals surface area contributed by atoms with Crippen LogP contribution >= 0.6 is 0 Å². The molecule has 3 aromatic heterocycles. The van der Waals surface area contributed by atoms with Gasteiger partial charge in [-0.05, 0) is 106 Å². The summed E-state index contributed by atoms with van der Waals surface area (Å²) in [6.07, 6.45) is 14.4. The molecule has 7 rings (SSSR count). The Morgan fingerprint density at radius 1 is 0.852 bits per heavy atom. The Bertz CT molecular complexity index is 2100. The van der Waals surface area contributed by atoms with Gasteiger partial charge in [0.15, 0.2) is 0 Å². The van der Waals surface area contributed by atoms with E-state index in [-0.39, 0.29) is 24.1 Å². The van der Waals surface area contributed by atoms with E-state index >= 15 is 0 Å². The zero-order valence-electron chi connectivity index (χ0n) is 36.2. The number of ether oxygens (including phenoxy) is 4. The van der Waals surface area contributed by atoms with Gasteiger partial charge in [-0.25, -0.2) is 9.78 Å². The highest BCUT2D eigenvalue weighted by Crippen LogP contribution is 2.38. The van der Waals surface area contributed by atoms with Gasteiger partial charge in [-0.15, -0.1) is 0 Å².